The summed E-state index contributed by atoms with van der Waals surface area (Å²) < 4.78 is 49.8. The summed E-state index contributed by atoms with van der Waals surface area (Å²) in [5, 5.41) is 0. The maximum atomic E-state index is 11.8. The normalized spacial score (nSPS) is 12.2. The Labute approximate surface area is 130 Å². The highest BCUT2D eigenvalue weighted by Gasteiger charge is 2.11. The zero-order valence-corrected chi connectivity index (χ0v) is 13.8. The average molecular weight is 351 g/mol. The third-order valence-electron chi connectivity index (χ3n) is 2.41. The predicted molar refractivity (Wildman–Crippen MR) is 85.8 cm³/mol. The first-order valence-electron chi connectivity index (χ1n) is 5.90. The van der Waals surface area contributed by atoms with E-state index in [9.17, 15) is 16.8 Å². The Bertz CT molecular complexity index is 697. The van der Waals surface area contributed by atoms with E-state index in [1.807, 2.05) is 0 Å². The van der Waals surface area contributed by atoms with E-state index in [4.69, 9.17) is 18.0 Å². The molecule has 0 saturated heterocycles. The molecule has 0 fully saturated rings. The first-order valence-corrected chi connectivity index (χ1v) is 9.85. The Balaban J connectivity index is 2.54. The van der Waals surface area contributed by atoms with Crippen LogP contribution in [0.4, 0.5) is 0 Å². The Morgan fingerprint density at radius 2 is 1.62 bits per heavy atom. The molecule has 4 N–H and O–H groups in total. The van der Waals surface area contributed by atoms with E-state index in [2.05, 4.69) is 9.44 Å². The van der Waals surface area contributed by atoms with Crippen molar-refractivity contribution in [3.8, 4) is 0 Å². The van der Waals surface area contributed by atoms with E-state index in [1.165, 1.54) is 0 Å². The van der Waals surface area contributed by atoms with Crippen LogP contribution >= 0.6 is 12.2 Å². The minimum Gasteiger partial charge on any atom is -0.389 e. The van der Waals surface area contributed by atoms with Gasteiger partial charge in [-0.2, -0.15) is 0 Å². The zero-order chi connectivity index (χ0) is 16.1. The molecule has 0 unspecified atom stereocenters. The third kappa shape index (κ3) is 7.48. The quantitative estimate of drug-likeness (QED) is 0.421. The van der Waals surface area contributed by atoms with Crippen molar-refractivity contribution in [1.29, 1.82) is 0 Å². The second-order valence-electron chi connectivity index (χ2n) is 4.38. The number of nitrogens with one attached hydrogen (secondary N) is 2. The first-order chi connectivity index (χ1) is 9.59. The second-order valence-corrected chi connectivity index (χ2v) is 8.46. The number of sulfonamides is 2. The Morgan fingerprint density at radius 3 is 2.10 bits per heavy atom. The fourth-order valence-electron chi connectivity index (χ4n) is 1.48. The first kappa shape index (κ1) is 18.0. The van der Waals surface area contributed by atoms with Gasteiger partial charge in [0.2, 0.25) is 20.0 Å². The van der Waals surface area contributed by atoms with E-state index in [0.29, 0.717) is 11.1 Å². The summed E-state index contributed by atoms with van der Waals surface area (Å²) in [6, 6.07) is 6.56. The summed E-state index contributed by atoms with van der Waals surface area (Å²) in [6.07, 6.45) is 1.00. The van der Waals surface area contributed by atoms with Gasteiger partial charge in [-0.3, -0.25) is 0 Å². The summed E-state index contributed by atoms with van der Waals surface area (Å²) in [4.78, 5) is 0.245. The lowest BCUT2D eigenvalue weighted by atomic mass is 10.1. The second kappa shape index (κ2) is 7.27. The Kier molecular flexibility index (Phi) is 6.23. The van der Waals surface area contributed by atoms with Gasteiger partial charge in [0.15, 0.2) is 0 Å². The van der Waals surface area contributed by atoms with Crippen molar-refractivity contribution < 1.29 is 16.8 Å². The van der Waals surface area contributed by atoms with Crippen molar-refractivity contribution in [2.24, 2.45) is 5.73 Å². The van der Waals surface area contributed by atoms with Gasteiger partial charge in [-0.1, -0.05) is 36.5 Å². The van der Waals surface area contributed by atoms with Crippen molar-refractivity contribution in [2.45, 2.75) is 5.75 Å². The highest BCUT2D eigenvalue weighted by atomic mass is 32.2. The molecule has 0 spiro atoms. The van der Waals surface area contributed by atoms with Gasteiger partial charge < -0.3 is 5.73 Å². The molecule has 0 atom stereocenters. The van der Waals surface area contributed by atoms with E-state index in [0.717, 1.165) is 6.26 Å². The number of nitrogens with two attached hydrogens (primary N) is 1. The Hall–Kier alpha value is -1.07. The highest BCUT2D eigenvalue weighted by Crippen LogP contribution is 2.07. The molecule has 0 aliphatic carbocycles. The van der Waals surface area contributed by atoms with Crippen LogP contribution in [0.5, 0.6) is 0 Å². The van der Waals surface area contributed by atoms with Crippen LogP contribution in [0.3, 0.4) is 0 Å². The van der Waals surface area contributed by atoms with Gasteiger partial charge in [0.1, 0.15) is 4.99 Å². The lowest BCUT2D eigenvalue weighted by Gasteiger charge is -2.07. The maximum absolute atomic E-state index is 11.8. The van der Waals surface area contributed by atoms with Gasteiger partial charge in [0.25, 0.3) is 0 Å². The molecule has 7 nitrogen and oxygen atoms in total. The smallest absolute Gasteiger partial charge is 0.215 e. The molecule has 10 heteroatoms. The van der Waals surface area contributed by atoms with Gasteiger partial charge in [-0.15, -0.1) is 0 Å². The van der Waals surface area contributed by atoms with Crippen LogP contribution in [0, 0.1) is 0 Å². The van der Waals surface area contributed by atoms with Crippen LogP contribution < -0.4 is 15.2 Å². The largest absolute Gasteiger partial charge is 0.389 e. The fraction of sp³-hybridized carbons (Fsp3) is 0.364. The number of rotatable bonds is 8. The molecule has 118 valence electrons. The topological polar surface area (TPSA) is 118 Å². The molecule has 1 aromatic rings. The summed E-state index contributed by atoms with van der Waals surface area (Å²) in [6.45, 7) is -0.0151. The molecule has 0 radical (unpaired) electrons. The molecular weight excluding hydrogens is 334 g/mol. The zero-order valence-electron chi connectivity index (χ0n) is 11.4. The maximum Gasteiger partial charge on any atom is 0.215 e. The van der Waals surface area contributed by atoms with Crippen LogP contribution in [-0.2, 0) is 25.8 Å². The van der Waals surface area contributed by atoms with Crippen LogP contribution in [-0.4, -0.2) is 41.2 Å². The number of hydrogen-bond acceptors (Lipinski definition) is 5. The molecule has 21 heavy (non-hydrogen) atoms. The fourth-order valence-corrected chi connectivity index (χ4v) is 3.23. The molecule has 1 aromatic carbocycles. The molecule has 0 aromatic heterocycles. The third-order valence-corrected chi connectivity index (χ3v) is 4.73. The monoisotopic (exact) mass is 351 g/mol. The minimum absolute atomic E-state index is 0.00154. The minimum atomic E-state index is -3.53. The van der Waals surface area contributed by atoms with Gasteiger partial charge in [-0.05, 0) is 5.56 Å². The number of thiocarbonyl (C=S) groups is 1. The number of hydrogen-bond donors (Lipinski definition) is 3. The average Bonchev–Trinajstić information content (AvgIpc) is 2.34. The molecule has 0 heterocycles. The molecular formula is C11H17N3O4S3. The summed E-state index contributed by atoms with van der Waals surface area (Å²) in [5.74, 6) is -0.205. The van der Waals surface area contributed by atoms with E-state index in [-0.39, 0.29) is 23.8 Å². The van der Waals surface area contributed by atoms with Gasteiger partial charge in [-0.25, -0.2) is 26.3 Å². The summed E-state index contributed by atoms with van der Waals surface area (Å²) in [7, 11) is -6.86. The predicted octanol–water partition coefficient (Wildman–Crippen LogP) is -0.711. The standard InChI is InChI=1S/C11H17N3O4S3/c1-20(15,16)13-6-7-14-21(17,18)8-9-2-4-10(5-3-9)11(12)19/h2-5,13-14H,6-8H2,1H3,(H2,12,19). The van der Waals surface area contributed by atoms with E-state index >= 15 is 0 Å². The molecule has 1 rings (SSSR count). The van der Waals surface area contributed by atoms with Crippen molar-refractivity contribution in [1.82, 2.24) is 9.44 Å². The van der Waals surface area contributed by atoms with E-state index in [1.54, 1.807) is 24.3 Å². The SMILES string of the molecule is CS(=O)(=O)NCCNS(=O)(=O)Cc1ccc(C(N)=S)cc1. The summed E-state index contributed by atoms with van der Waals surface area (Å²) in [5.41, 5.74) is 6.70. The van der Waals surface area contributed by atoms with Gasteiger partial charge >= 0.3 is 0 Å². The van der Waals surface area contributed by atoms with Gasteiger partial charge in [0.05, 0.1) is 12.0 Å². The van der Waals surface area contributed by atoms with Crippen molar-refractivity contribution in [2.75, 3.05) is 19.3 Å². The number of benzene rings is 1. The van der Waals surface area contributed by atoms with Gasteiger partial charge in [0, 0.05) is 18.7 Å². The molecule has 0 aliphatic rings. The molecule has 0 aliphatic heterocycles. The van der Waals surface area contributed by atoms with E-state index < -0.39 is 20.0 Å². The van der Waals surface area contributed by atoms with Crippen LogP contribution in [0.2, 0.25) is 0 Å². The Morgan fingerprint density at radius 1 is 1.10 bits per heavy atom. The molecule has 0 bridgehead atoms. The molecule has 0 amide bonds. The van der Waals surface area contributed by atoms with Crippen molar-refractivity contribution >= 4 is 37.3 Å². The van der Waals surface area contributed by atoms with Crippen LogP contribution in [0.1, 0.15) is 11.1 Å². The van der Waals surface area contributed by atoms with Crippen LogP contribution in [0.15, 0.2) is 24.3 Å². The van der Waals surface area contributed by atoms with Crippen LogP contribution in [0.25, 0.3) is 0 Å². The lowest BCUT2D eigenvalue weighted by molar-refractivity contribution is 0.572. The summed E-state index contributed by atoms with van der Waals surface area (Å²) >= 11 is 4.81. The highest BCUT2D eigenvalue weighted by molar-refractivity contribution is 7.89. The lowest BCUT2D eigenvalue weighted by Crippen LogP contribution is -2.34. The molecule has 0 saturated carbocycles. The van der Waals surface area contributed by atoms with Crippen molar-refractivity contribution in [3.05, 3.63) is 35.4 Å². The van der Waals surface area contributed by atoms with Crippen molar-refractivity contribution in [3.63, 3.8) is 0 Å².